The summed E-state index contributed by atoms with van der Waals surface area (Å²) in [5, 5.41) is 5.55. The second-order valence-corrected chi connectivity index (χ2v) is 10.6. The molecule has 1 aliphatic rings. The van der Waals surface area contributed by atoms with E-state index in [9.17, 15) is 22.8 Å². The van der Waals surface area contributed by atoms with E-state index >= 15 is 0 Å². The fourth-order valence-corrected chi connectivity index (χ4v) is 4.49. The summed E-state index contributed by atoms with van der Waals surface area (Å²) in [6.45, 7) is 2.13. The monoisotopic (exact) mass is 574 g/mol. The molecule has 2 N–H and O–H groups in total. The van der Waals surface area contributed by atoms with Crippen molar-refractivity contribution in [1.82, 2.24) is 19.9 Å². The molecule has 1 aliphatic carbocycles. The SMILES string of the molecule is Cc1ccc(NC(=O)c2cc(CN(C)C)cc(C(F)(F)F)c2)cc1-c1cncc(-c2ccnc(NC(=O)C3CC3)c2)n1. The number of anilines is 2. The zero-order valence-electron chi connectivity index (χ0n) is 23.3. The van der Waals surface area contributed by atoms with Crippen LogP contribution >= 0.6 is 0 Å². The van der Waals surface area contributed by atoms with Gasteiger partial charge in [0.2, 0.25) is 5.91 Å². The van der Waals surface area contributed by atoms with Crippen LogP contribution in [-0.2, 0) is 17.5 Å². The molecule has 11 heteroatoms. The minimum atomic E-state index is -4.59. The van der Waals surface area contributed by atoms with Crippen molar-refractivity contribution in [1.29, 1.82) is 0 Å². The zero-order valence-corrected chi connectivity index (χ0v) is 23.3. The Morgan fingerprint density at radius 3 is 2.45 bits per heavy atom. The molecule has 1 saturated carbocycles. The molecule has 4 aromatic rings. The van der Waals surface area contributed by atoms with Crippen molar-refractivity contribution in [2.45, 2.75) is 32.5 Å². The minimum Gasteiger partial charge on any atom is -0.322 e. The summed E-state index contributed by atoms with van der Waals surface area (Å²) in [4.78, 5) is 40.3. The summed E-state index contributed by atoms with van der Waals surface area (Å²) < 4.78 is 40.6. The molecule has 0 aliphatic heterocycles. The smallest absolute Gasteiger partial charge is 0.322 e. The first-order valence-corrected chi connectivity index (χ1v) is 13.3. The van der Waals surface area contributed by atoms with Crippen molar-refractivity contribution in [3.63, 3.8) is 0 Å². The first-order chi connectivity index (χ1) is 20.0. The lowest BCUT2D eigenvalue weighted by Gasteiger charge is -2.15. The molecule has 0 atom stereocenters. The number of halogens is 3. The van der Waals surface area contributed by atoms with Crippen molar-refractivity contribution >= 4 is 23.3 Å². The summed E-state index contributed by atoms with van der Waals surface area (Å²) in [5.41, 5.74) is 3.16. The first-order valence-electron chi connectivity index (χ1n) is 13.3. The predicted octanol–water partition coefficient (Wildman–Crippen LogP) is 6.20. The van der Waals surface area contributed by atoms with Crippen LogP contribution in [0.1, 0.15) is 39.9 Å². The number of amides is 2. The molecule has 5 rings (SSSR count). The van der Waals surface area contributed by atoms with E-state index in [0.29, 0.717) is 39.6 Å². The number of pyridine rings is 1. The number of nitrogens with one attached hydrogen (secondary N) is 2. The number of carbonyl (C=O) groups is 2. The van der Waals surface area contributed by atoms with E-state index in [2.05, 4.69) is 20.6 Å². The van der Waals surface area contributed by atoms with Gasteiger partial charge in [-0.3, -0.25) is 14.6 Å². The van der Waals surface area contributed by atoms with Crippen LogP contribution in [0.3, 0.4) is 0 Å². The fourth-order valence-electron chi connectivity index (χ4n) is 4.49. The molecule has 0 saturated heterocycles. The third-order valence-electron chi connectivity index (χ3n) is 6.74. The van der Waals surface area contributed by atoms with E-state index in [1.807, 2.05) is 6.92 Å². The van der Waals surface area contributed by atoms with Gasteiger partial charge in [-0.25, -0.2) is 9.97 Å². The lowest BCUT2D eigenvalue weighted by atomic mass is 10.0. The van der Waals surface area contributed by atoms with Gasteiger partial charge >= 0.3 is 6.18 Å². The zero-order chi connectivity index (χ0) is 30.0. The van der Waals surface area contributed by atoms with Crippen molar-refractivity contribution in [3.05, 3.63) is 89.4 Å². The van der Waals surface area contributed by atoms with Gasteiger partial charge < -0.3 is 15.5 Å². The summed E-state index contributed by atoms with van der Waals surface area (Å²) in [6, 6.07) is 12.1. The Morgan fingerprint density at radius 1 is 0.976 bits per heavy atom. The van der Waals surface area contributed by atoms with Crippen molar-refractivity contribution in [3.8, 4) is 22.5 Å². The van der Waals surface area contributed by atoms with E-state index in [4.69, 9.17) is 4.98 Å². The second-order valence-electron chi connectivity index (χ2n) is 10.6. The highest BCUT2D eigenvalue weighted by atomic mass is 19.4. The van der Waals surface area contributed by atoms with Gasteiger partial charge in [0.1, 0.15) is 5.82 Å². The van der Waals surface area contributed by atoms with Crippen LogP contribution in [0.25, 0.3) is 22.5 Å². The lowest BCUT2D eigenvalue weighted by molar-refractivity contribution is -0.137. The summed E-state index contributed by atoms with van der Waals surface area (Å²) in [7, 11) is 3.48. The molecule has 2 aromatic carbocycles. The molecule has 2 aromatic heterocycles. The predicted molar refractivity (Wildman–Crippen MR) is 154 cm³/mol. The Hall–Kier alpha value is -4.64. The molecule has 0 bridgehead atoms. The topological polar surface area (TPSA) is 100 Å². The van der Waals surface area contributed by atoms with Crippen LogP contribution in [0.5, 0.6) is 0 Å². The number of rotatable bonds is 8. The highest BCUT2D eigenvalue weighted by molar-refractivity contribution is 6.05. The van der Waals surface area contributed by atoms with Crippen LogP contribution < -0.4 is 10.6 Å². The normalized spacial score (nSPS) is 13.2. The van der Waals surface area contributed by atoms with Gasteiger partial charge in [-0.2, -0.15) is 13.2 Å². The van der Waals surface area contributed by atoms with Gasteiger partial charge in [0, 0.05) is 41.0 Å². The van der Waals surface area contributed by atoms with Crippen LogP contribution in [0, 0.1) is 12.8 Å². The van der Waals surface area contributed by atoms with Crippen molar-refractivity contribution in [2.24, 2.45) is 5.92 Å². The molecular formula is C31H29F3N6O2. The first kappa shape index (κ1) is 28.9. The average Bonchev–Trinajstić information content (AvgIpc) is 3.79. The van der Waals surface area contributed by atoms with Crippen LogP contribution in [0.4, 0.5) is 24.7 Å². The fraction of sp³-hybridized carbons (Fsp3) is 0.258. The Bertz CT molecular complexity index is 1650. The Labute approximate surface area is 241 Å². The number of aryl methyl sites for hydroxylation is 1. The van der Waals surface area contributed by atoms with E-state index in [-0.39, 0.29) is 23.9 Å². The summed E-state index contributed by atoms with van der Waals surface area (Å²) >= 11 is 0. The molecule has 8 nitrogen and oxygen atoms in total. The van der Waals surface area contributed by atoms with Crippen molar-refractivity contribution < 1.29 is 22.8 Å². The molecule has 42 heavy (non-hydrogen) atoms. The maximum atomic E-state index is 13.5. The summed E-state index contributed by atoms with van der Waals surface area (Å²) in [5.74, 6) is -0.231. The highest BCUT2D eigenvalue weighted by Gasteiger charge is 2.32. The number of alkyl halides is 3. The third-order valence-corrected chi connectivity index (χ3v) is 6.74. The van der Waals surface area contributed by atoms with Crippen LogP contribution in [-0.4, -0.2) is 45.8 Å². The molecule has 0 unspecified atom stereocenters. The van der Waals surface area contributed by atoms with Crippen LogP contribution in [0.2, 0.25) is 0 Å². The number of carbonyl (C=O) groups excluding carboxylic acids is 2. The minimum absolute atomic E-state index is 0.0444. The molecular weight excluding hydrogens is 545 g/mol. The molecule has 216 valence electrons. The Kier molecular flexibility index (Phi) is 8.04. The lowest BCUT2D eigenvalue weighted by Crippen LogP contribution is -2.17. The van der Waals surface area contributed by atoms with E-state index < -0.39 is 17.6 Å². The number of nitrogens with zero attached hydrogens (tertiary/aromatic N) is 4. The second kappa shape index (κ2) is 11.7. The number of aromatic nitrogens is 3. The molecule has 2 heterocycles. The Balaban J connectivity index is 1.40. The molecule has 0 radical (unpaired) electrons. The van der Waals surface area contributed by atoms with E-state index in [0.717, 1.165) is 30.5 Å². The van der Waals surface area contributed by atoms with Gasteiger partial charge in [0.25, 0.3) is 5.91 Å². The van der Waals surface area contributed by atoms with Crippen LogP contribution in [0.15, 0.2) is 67.1 Å². The maximum absolute atomic E-state index is 13.5. The molecule has 1 fully saturated rings. The van der Waals surface area contributed by atoms with Gasteiger partial charge in [-0.05, 0) is 87.5 Å². The van der Waals surface area contributed by atoms with Crippen molar-refractivity contribution in [2.75, 3.05) is 24.7 Å². The maximum Gasteiger partial charge on any atom is 0.416 e. The van der Waals surface area contributed by atoms with Gasteiger partial charge in [0.05, 0.1) is 29.3 Å². The highest BCUT2D eigenvalue weighted by Crippen LogP contribution is 2.33. The largest absolute Gasteiger partial charge is 0.416 e. The quantitative estimate of drug-likeness (QED) is 0.260. The number of hydrogen-bond acceptors (Lipinski definition) is 6. The van der Waals surface area contributed by atoms with Gasteiger partial charge in [-0.15, -0.1) is 0 Å². The number of benzene rings is 2. The average molecular weight is 575 g/mol. The van der Waals surface area contributed by atoms with E-state index in [1.54, 1.807) is 67.9 Å². The van der Waals surface area contributed by atoms with Gasteiger partial charge in [0.15, 0.2) is 0 Å². The Morgan fingerprint density at radius 2 is 1.74 bits per heavy atom. The van der Waals surface area contributed by atoms with Gasteiger partial charge in [-0.1, -0.05) is 6.07 Å². The third kappa shape index (κ3) is 6.98. The molecule has 2 amide bonds. The molecule has 0 spiro atoms. The standard InChI is InChI=1S/C31H29F3N6O2/c1-18-4-7-24(37-30(42)22-10-19(17-40(2)3)11-23(12-22)31(32,33)34)14-25(18)27-16-35-15-26(38-27)21-8-9-36-28(13-21)39-29(41)20-5-6-20/h4,7-16,20H,5-6,17H2,1-3H3,(H,37,42)(H,36,39,41). The summed E-state index contributed by atoms with van der Waals surface area (Å²) in [6.07, 6.45) is 1.96. The van der Waals surface area contributed by atoms with E-state index in [1.165, 1.54) is 6.07 Å². The number of hydrogen-bond donors (Lipinski definition) is 2.